The van der Waals surface area contributed by atoms with Gasteiger partial charge in [0, 0.05) is 24.1 Å². The molecule has 1 amide bonds. The minimum absolute atomic E-state index is 0.0136. The largest absolute Gasteiger partial charge is 0.444 e. The van der Waals surface area contributed by atoms with E-state index < -0.39 is 23.9 Å². The van der Waals surface area contributed by atoms with Crippen molar-refractivity contribution in [3.8, 4) is 6.07 Å². The number of hydrogen-bond acceptors (Lipinski definition) is 6. The number of alkyl carbamates (subject to hydrolysis) is 1. The highest BCUT2D eigenvalue weighted by molar-refractivity contribution is 5.77. The van der Waals surface area contributed by atoms with Gasteiger partial charge in [-0.2, -0.15) is 5.26 Å². The van der Waals surface area contributed by atoms with Gasteiger partial charge in [-0.15, -0.1) is 0 Å². The average Bonchev–Trinajstić information content (AvgIpc) is 3.63. The summed E-state index contributed by atoms with van der Waals surface area (Å²) in [4.78, 5) is 16.8. The van der Waals surface area contributed by atoms with Crippen molar-refractivity contribution < 1.29 is 22.7 Å². The lowest BCUT2D eigenvalue weighted by molar-refractivity contribution is 0.0493. The van der Waals surface area contributed by atoms with E-state index in [4.69, 9.17) is 4.74 Å². The maximum Gasteiger partial charge on any atom is 0.407 e. The Morgan fingerprint density at radius 2 is 1.95 bits per heavy atom. The van der Waals surface area contributed by atoms with Gasteiger partial charge in [-0.25, -0.2) is 22.9 Å². The molecule has 0 bridgehead atoms. The van der Waals surface area contributed by atoms with E-state index in [2.05, 4.69) is 20.9 Å². The molecule has 2 aromatic rings. The molecule has 1 unspecified atom stereocenters. The van der Waals surface area contributed by atoms with Gasteiger partial charge in [-0.1, -0.05) is 12.1 Å². The molecule has 0 spiro atoms. The quantitative estimate of drug-likeness (QED) is 0.313. The van der Waals surface area contributed by atoms with Crippen LogP contribution in [0.5, 0.6) is 0 Å². The van der Waals surface area contributed by atoms with Gasteiger partial charge in [-0.05, 0) is 88.3 Å². The Labute approximate surface area is 226 Å². The van der Waals surface area contributed by atoms with Crippen molar-refractivity contribution in [1.29, 1.82) is 5.26 Å². The number of pyridine rings is 1. The Hall–Kier alpha value is -3.74. The SMILES string of the molecule is CC1=CC(CC(F)F)c2ccc(Nc3nc(N[C@H](C)[C@@H](NC(=O)OC(C)(C)C)C4CC4)c(F)cc3C#N)cc21. The molecule has 208 valence electrons. The van der Waals surface area contributed by atoms with Gasteiger partial charge >= 0.3 is 6.09 Å². The zero-order valence-corrected chi connectivity index (χ0v) is 22.7. The highest BCUT2D eigenvalue weighted by Gasteiger charge is 2.37. The van der Waals surface area contributed by atoms with E-state index in [1.807, 2.05) is 32.1 Å². The van der Waals surface area contributed by atoms with E-state index >= 15 is 0 Å². The van der Waals surface area contributed by atoms with E-state index in [9.17, 15) is 23.2 Å². The fraction of sp³-hybridized carbons (Fsp3) is 0.483. The van der Waals surface area contributed by atoms with Gasteiger partial charge in [0.15, 0.2) is 17.5 Å². The summed E-state index contributed by atoms with van der Waals surface area (Å²) in [5.41, 5.74) is 2.53. The molecule has 2 aliphatic rings. The van der Waals surface area contributed by atoms with Crippen LogP contribution in [0.3, 0.4) is 0 Å². The smallest absolute Gasteiger partial charge is 0.407 e. The Kier molecular flexibility index (Phi) is 8.09. The third-order valence-electron chi connectivity index (χ3n) is 6.84. The van der Waals surface area contributed by atoms with Gasteiger partial charge in [0.05, 0.1) is 11.6 Å². The normalized spacial score (nSPS) is 18.1. The van der Waals surface area contributed by atoms with Crippen LogP contribution in [0.1, 0.15) is 76.5 Å². The van der Waals surface area contributed by atoms with Gasteiger partial charge in [0.2, 0.25) is 6.43 Å². The molecule has 10 heteroatoms. The molecule has 1 heterocycles. The van der Waals surface area contributed by atoms with Gasteiger partial charge in [0.1, 0.15) is 11.7 Å². The summed E-state index contributed by atoms with van der Waals surface area (Å²) >= 11 is 0. The van der Waals surface area contributed by atoms with Crippen molar-refractivity contribution in [2.75, 3.05) is 10.6 Å². The molecule has 1 fully saturated rings. The molecule has 3 N–H and O–H groups in total. The lowest BCUT2D eigenvalue weighted by atomic mass is 9.97. The predicted octanol–water partition coefficient (Wildman–Crippen LogP) is 7.10. The molecule has 0 radical (unpaired) electrons. The molecule has 1 aromatic carbocycles. The van der Waals surface area contributed by atoms with E-state index in [1.165, 1.54) is 0 Å². The van der Waals surface area contributed by atoms with Gasteiger partial charge in [-0.3, -0.25) is 0 Å². The number of allylic oxidation sites excluding steroid dienone is 2. The van der Waals surface area contributed by atoms with Gasteiger partial charge < -0.3 is 20.7 Å². The first-order valence-corrected chi connectivity index (χ1v) is 13.1. The number of nitriles is 1. The summed E-state index contributed by atoms with van der Waals surface area (Å²) in [6.45, 7) is 9.05. The highest BCUT2D eigenvalue weighted by atomic mass is 19.3. The number of carbonyl (C=O) groups excluding carboxylic acids is 1. The lowest BCUT2D eigenvalue weighted by Crippen LogP contribution is -2.48. The summed E-state index contributed by atoms with van der Waals surface area (Å²) in [5.74, 6) is -0.720. The van der Waals surface area contributed by atoms with Crippen LogP contribution in [0.2, 0.25) is 0 Å². The molecule has 2 aliphatic carbocycles. The van der Waals surface area contributed by atoms with E-state index in [0.717, 1.165) is 35.6 Å². The number of anilines is 3. The fourth-order valence-electron chi connectivity index (χ4n) is 4.93. The molecular weight excluding hydrogens is 507 g/mol. The lowest BCUT2D eigenvalue weighted by Gasteiger charge is -2.28. The van der Waals surface area contributed by atoms with Crippen LogP contribution >= 0.6 is 0 Å². The first kappa shape index (κ1) is 28.3. The number of carbonyl (C=O) groups is 1. The van der Waals surface area contributed by atoms with Crippen molar-refractivity contribution in [1.82, 2.24) is 10.3 Å². The van der Waals surface area contributed by atoms with Crippen LogP contribution in [-0.4, -0.2) is 35.2 Å². The molecule has 1 saturated carbocycles. The summed E-state index contributed by atoms with van der Waals surface area (Å²) in [6, 6.07) is 7.73. The van der Waals surface area contributed by atoms with Crippen molar-refractivity contribution in [3.63, 3.8) is 0 Å². The van der Waals surface area contributed by atoms with Crippen LogP contribution in [0, 0.1) is 23.1 Å². The maximum absolute atomic E-state index is 15.0. The summed E-state index contributed by atoms with van der Waals surface area (Å²) in [6.07, 6.45) is 0.520. The second-order valence-electron chi connectivity index (χ2n) is 11.3. The number of rotatable bonds is 9. The van der Waals surface area contributed by atoms with Crippen LogP contribution in [0.4, 0.5) is 35.3 Å². The van der Waals surface area contributed by atoms with Crippen LogP contribution in [0.25, 0.3) is 5.57 Å². The van der Waals surface area contributed by atoms with E-state index in [-0.39, 0.29) is 47.5 Å². The van der Waals surface area contributed by atoms with Crippen molar-refractivity contribution in [3.05, 3.63) is 52.8 Å². The van der Waals surface area contributed by atoms with Gasteiger partial charge in [0.25, 0.3) is 0 Å². The third kappa shape index (κ3) is 7.02. The minimum atomic E-state index is -2.41. The number of nitrogens with one attached hydrogen (secondary N) is 3. The second-order valence-corrected chi connectivity index (χ2v) is 11.3. The molecule has 7 nitrogen and oxygen atoms in total. The maximum atomic E-state index is 15.0. The van der Waals surface area contributed by atoms with Crippen LogP contribution in [-0.2, 0) is 4.74 Å². The van der Waals surface area contributed by atoms with E-state index in [0.29, 0.717) is 5.69 Å². The predicted molar refractivity (Wildman–Crippen MR) is 145 cm³/mol. The zero-order chi connectivity index (χ0) is 28.5. The number of alkyl halides is 2. The van der Waals surface area contributed by atoms with Crippen LogP contribution < -0.4 is 16.0 Å². The highest BCUT2D eigenvalue weighted by Crippen LogP contribution is 2.40. The topological polar surface area (TPSA) is 99.1 Å². The number of amides is 1. The monoisotopic (exact) mass is 541 g/mol. The first-order valence-electron chi connectivity index (χ1n) is 13.1. The number of nitrogens with zero attached hydrogens (tertiary/aromatic N) is 2. The van der Waals surface area contributed by atoms with Crippen molar-refractivity contribution >= 4 is 29.0 Å². The van der Waals surface area contributed by atoms with Crippen molar-refractivity contribution in [2.45, 2.75) is 83.9 Å². The number of hydrogen-bond donors (Lipinski definition) is 3. The number of fused-ring (bicyclic) bond motifs is 1. The second kappa shape index (κ2) is 11.2. The zero-order valence-electron chi connectivity index (χ0n) is 22.7. The fourth-order valence-corrected chi connectivity index (χ4v) is 4.93. The molecule has 1 aromatic heterocycles. The Morgan fingerprint density at radius 3 is 2.56 bits per heavy atom. The molecule has 0 aliphatic heterocycles. The Morgan fingerprint density at radius 1 is 1.23 bits per heavy atom. The minimum Gasteiger partial charge on any atom is -0.444 e. The molecule has 4 rings (SSSR count). The molecule has 39 heavy (non-hydrogen) atoms. The third-order valence-corrected chi connectivity index (χ3v) is 6.84. The van der Waals surface area contributed by atoms with Crippen molar-refractivity contribution in [2.24, 2.45) is 5.92 Å². The number of halogens is 3. The number of aromatic nitrogens is 1. The Bertz CT molecular complexity index is 1310. The van der Waals surface area contributed by atoms with E-state index in [1.54, 1.807) is 32.9 Å². The Balaban J connectivity index is 1.53. The average molecular weight is 542 g/mol. The molecular formula is C29H34F3N5O2. The first-order chi connectivity index (χ1) is 18.3. The number of benzene rings is 1. The molecule has 3 atom stereocenters. The number of ether oxygens (including phenoxy) is 1. The molecule has 0 saturated heterocycles. The van der Waals surface area contributed by atoms with Crippen LogP contribution in [0.15, 0.2) is 30.3 Å². The summed E-state index contributed by atoms with van der Waals surface area (Å²) in [5, 5.41) is 18.7. The summed E-state index contributed by atoms with van der Waals surface area (Å²) < 4.78 is 46.4. The summed E-state index contributed by atoms with van der Waals surface area (Å²) in [7, 11) is 0. The standard InChI is InChI=1S/C29H34F3N5O2/c1-15-10-18(12-24(31)32)21-9-8-20(13-22(15)21)35-26-19(14-33)11-23(30)27(37-26)34-16(2)25(17-6-7-17)36-28(38)39-29(3,4)5/h8-11,13,16-18,24-25H,6-7,12H2,1-5H3,(H,36,38)(H2,34,35,37)/t16-,18?,25-/m1/s1.